The van der Waals surface area contributed by atoms with Crippen molar-refractivity contribution in [1.29, 1.82) is 0 Å². The number of nitrogens with zero attached hydrogens (tertiary/aromatic N) is 6. The van der Waals surface area contributed by atoms with Crippen LogP contribution in [-0.4, -0.2) is 105 Å². The van der Waals surface area contributed by atoms with Gasteiger partial charge in [0.05, 0.1) is 6.54 Å². The summed E-state index contributed by atoms with van der Waals surface area (Å²) in [6.45, 7) is 10.3. The van der Waals surface area contributed by atoms with Crippen molar-refractivity contribution >= 4 is 46.9 Å². The molecule has 1 aromatic carbocycles. The van der Waals surface area contributed by atoms with Gasteiger partial charge in [0, 0.05) is 38.4 Å². The molecule has 1 aromatic rings. The van der Waals surface area contributed by atoms with Gasteiger partial charge in [-0.3, -0.25) is 9.89 Å². The number of aryl methyl sites for hydroxylation is 1. The number of isothiocyanates is 2. The number of hydrogen-bond acceptors (Lipinski definition) is 10. The molecule has 0 aliphatic carbocycles. The van der Waals surface area contributed by atoms with Gasteiger partial charge in [0.1, 0.15) is 0 Å². The Hall–Kier alpha value is -1.41. The van der Waals surface area contributed by atoms with Crippen molar-refractivity contribution in [3.8, 4) is 5.75 Å². The number of aliphatic carboxylic acids is 1. The molecule has 0 N–H and O–H groups in total. The summed E-state index contributed by atoms with van der Waals surface area (Å²) in [7, 11) is 8.93. The zero-order valence-electron chi connectivity index (χ0n) is 23.2. The second kappa shape index (κ2) is 35.6. The molecule has 0 bridgehead atoms. The number of rotatable bonds is 10. The van der Waals surface area contributed by atoms with Gasteiger partial charge in [0.25, 0.3) is 0 Å². The topological polar surface area (TPSA) is 153 Å². The Bertz CT molecular complexity index is 788. The summed E-state index contributed by atoms with van der Waals surface area (Å²) in [6.07, 6.45) is 1.73. The Balaban J connectivity index is -0.000000156. The molecular weight excluding hydrogens is 618 g/mol. The molecule has 0 aliphatic rings. The first kappa shape index (κ1) is 49.5. The molecular formula is C24H39N6Ni2O4S2+. The van der Waals surface area contributed by atoms with Crippen LogP contribution in [0.5, 0.6) is 5.75 Å². The monoisotopic (exact) mass is 655 g/mol. The number of carboxylic acid groups (broad SMARTS) is 1. The third-order valence-corrected chi connectivity index (χ3v) is 3.95. The third kappa shape index (κ3) is 36.7. The largest absolute Gasteiger partial charge is 3.00 e. The van der Waals surface area contributed by atoms with E-state index in [0.717, 1.165) is 51.3 Å². The minimum absolute atomic E-state index is 0. The fourth-order valence-corrected chi connectivity index (χ4v) is 2.44. The number of benzene rings is 1. The summed E-state index contributed by atoms with van der Waals surface area (Å²) in [6, 6.07) is 3.94. The van der Waals surface area contributed by atoms with Crippen molar-refractivity contribution in [2.75, 3.05) is 68.0 Å². The quantitative estimate of drug-likeness (QED) is 0.199. The van der Waals surface area contributed by atoms with Crippen molar-refractivity contribution in [1.82, 2.24) is 14.7 Å². The van der Waals surface area contributed by atoms with E-state index >= 15 is 0 Å². The van der Waals surface area contributed by atoms with Crippen LogP contribution in [0, 0.1) is 6.92 Å². The van der Waals surface area contributed by atoms with Gasteiger partial charge in [-0.15, -0.1) is 0 Å². The van der Waals surface area contributed by atoms with Crippen LogP contribution >= 0.6 is 24.4 Å². The van der Waals surface area contributed by atoms with Crippen LogP contribution in [0.4, 0.5) is 0 Å². The van der Waals surface area contributed by atoms with Gasteiger partial charge < -0.3 is 40.7 Å². The Labute approximate surface area is 259 Å². The maximum Gasteiger partial charge on any atom is 3.00 e. The summed E-state index contributed by atoms with van der Waals surface area (Å²) in [4.78, 5) is 19.8. The molecule has 0 saturated heterocycles. The van der Waals surface area contributed by atoms with Crippen LogP contribution in [-0.2, 0) is 44.3 Å². The van der Waals surface area contributed by atoms with E-state index < -0.39 is 5.97 Å². The SMILES string of the molecule is CC(=O)[O-].CCN(CCN(C)C)Cc1cc(C)cc(C=NCCN(C)C)c1[O-].C[O-].[N-]=C=S.[N-]=C=S.[Ni+3].[Ni+3]. The molecule has 0 aromatic heterocycles. The van der Waals surface area contributed by atoms with Crippen molar-refractivity contribution in [2.45, 2.75) is 27.3 Å². The summed E-state index contributed by atoms with van der Waals surface area (Å²) in [5.41, 5.74) is 2.68. The molecule has 0 aliphatic heterocycles. The minimum atomic E-state index is -1.08. The third-order valence-electron chi connectivity index (χ3n) is 3.95. The smallest absolute Gasteiger partial charge is 0.872 e. The first-order valence-electron chi connectivity index (χ1n) is 10.8. The summed E-state index contributed by atoms with van der Waals surface area (Å²) >= 11 is 7.40. The van der Waals surface area contributed by atoms with E-state index in [1.165, 1.54) is 10.3 Å². The second-order valence-corrected chi connectivity index (χ2v) is 7.89. The molecule has 0 amide bonds. The van der Waals surface area contributed by atoms with Gasteiger partial charge in [-0.25, -0.2) is 0 Å². The average Bonchev–Trinajstić information content (AvgIpc) is 2.78. The van der Waals surface area contributed by atoms with Crippen LogP contribution in [0.25, 0.3) is 10.8 Å². The number of carbonyl (C=O) groups excluding carboxylic acids is 1. The maximum atomic E-state index is 12.7. The summed E-state index contributed by atoms with van der Waals surface area (Å²) in [5.74, 6) is -0.975. The van der Waals surface area contributed by atoms with Crippen LogP contribution < -0.4 is 15.3 Å². The number of hydrogen-bond donors (Lipinski definition) is 0. The maximum absolute atomic E-state index is 12.7. The van der Waals surface area contributed by atoms with Crippen LogP contribution in [0.1, 0.15) is 30.5 Å². The average molecular weight is 657 g/mol. The molecule has 10 nitrogen and oxygen atoms in total. The fourth-order valence-electron chi connectivity index (χ4n) is 2.44. The molecule has 0 spiro atoms. The van der Waals surface area contributed by atoms with E-state index in [0.29, 0.717) is 18.7 Å². The molecule has 38 heavy (non-hydrogen) atoms. The Kier molecular flexibility index (Phi) is 46.4. The molecule has 0 unspecified atom stereocenters. The van der Waals surface area contributed by atoms with Gasteiger partial charge in [0.2, 0.25) is 0 Å². The normalized spacial score (nSPS) is 8.95. The molecule has 0 saturated carbocycles. The zero-order chi connectivity index (χ0) is 29.1. The molecule has 0 atom stereocenters. The second-order valence-electron chi connectivity index (χ2n) is 7.53. The fraction of sp³-hybridized carbons (Fsp3) is 0.583. The van der Waals surface area contributed by atoms with Crippen molar-refractivity contribution < 1.29 is 53.1 Å². The van der Waals surface area contributed by atoms with Crippen molar-refractivity contribution in [3.63, 3.8) is 0 Å². The number of carboxylic acids is 1. The molecule has 1 rings (SSSR count). The summed E-state index contributed by atoms with van der Waals surface area (Å²) < 4.78 is 0. The van der Waals surface area contributed by atoms with Crippen molar-refractivity contribution in [3.05, 3.63) is 39.6 Å². The Morgan fingerprint density at radius 3 is 1.82 bits per heavy atom. The first-order valence-corrected chi connectivity index (χ1v) is 11.6. The summed E-state index contributed by atoms with van der Waals surface area (Å²) in [5, 5.41) is 46.8. The van der Waals surface area contributed by atoms with E-state index in [4.69, 9.17) is 25.8 Å². The van der Waals surface area contributed by atoms with Crippen LogP contribution in [0.2, 0.25) is 0 Å². The Morgan fingerprint density at radius 1 is 1.03 bits per heavy atom. The van der Waals surface area contributed by atoms with E-state index in [1.807, 2.05) is 33.2 Å². The molecule has 2 radical (unpaired) electrons. The molecule has 220 valence electrons. The van der Waals surface area contributed by atoms with E-state index in [9.17, 15) is 5.11 Å². The van der Waals surface area contributed by atoms with Crippen LogP contribution in [0.15, 0.2) is 17.1 Å². The predicted molar refractivity (Wildman–Crippen MR) is 150 cm³/mol. The zero-order valence-corrected chi connectivity index (χ0v) is 26.8. The standard InChI is InChI=1S/C19H34N4O.C2H4O2.2CNS.CH3O.2Ni/c1-7-23(11-10-22(5)6)15-18-13-16(2)12-17(19(18)24)14-20-8-9-21(3)4;1-2(3)4;2*2-1-3;1-2;;/h12-14,24H,7-11,15H2,1-6H3;1H3,(H,3,4);;;1H3;;/q;;3*-1;2*+3/p-2. The van der Waals surface area contributed by atoms with Gasteiger partial charge >= 0.3 is 33.0 Å². The van der Waals surface area contributed by atoms with Gasteiger partial charge in [-0.1, -0.05) is 54.8 Å². The van der Waals surface area contributed by atoms with Gasteiger partial charge in [0.15, 0.2) is 0 Å². The van der Waals surface area contributed by atoms with Crippen LogP contribution in [0.3, 0.4) is 0 Å². The number of carbonyl (C=O) groups is 1. The van der Waals surface area contributed by atoms with E-state index in [2.05, 4.69) is 65.1 Å². The van der Waals surface area contributed by atoms with Crippen molar-refractivity contribution in [2.24, 2.45) is 4.99 Å². The first-order chi connectivity index (χ1) is 16.9. The Morgan fingerprint density at radius 2 is 1.45 bits per heavy atom. The van der Waals surface area contributed by atoms with Gasteiger partial charge in [-0.2, -0.15) is 17.4 Å². The number of aliphatic imine (C=N–C) groups is 1. The minimum Gasteiger partial charge on any atom is -0.872 e. The molecule has 0 fully saturated rings. The van der Waals surface area contributed by atoms with E-state index in [-0.39, 0.29) is 38.7 Å². The van der Waals surface area contributed by atoms with Gasteiger partial charge in [-0.05, 0) is 59.7 Å². The molecule has 0 heterocycles. The molecule has 14 heteroatoms. The predicted octanol–water partition coefficient (Wildman–Crippen LogP) is 0.478. The number of likely N-dealkylation sites (N-methyl/N-ethyl adjacent to an activating group) is 3. The van der Waals surface area contributed by atoms with E-state index in [1.54, 1.807) is 6.21 Å². The number of thiocarbonyl (C=S) groups is 2.